The number of benzene rings is 1. The van der Waals surface area contributed by atoms with Crippen LogP contribution in [0.3, 0.4) is 0 Å². The summed E-state index contributed by atoms with van der Waals surface area (Å²) >= 11 is 1.63. The molecule has 0 aliphatic carbocycles. The molecule has 2 N–H and O–H groups in total. The second-order valence-corrected chi connectivity index (χ2v) is 5.28. The minimum atomic E-state index is -1.18. The summed E-state index contributed by atoms with van der Waals surface area (Å²) < 4.78 is 2.33. The molecule has 0 saturated heterocycles. The molecule has 0 radical (unpaired) electrons. The highest BCUT2D eigenvalue weighted by Gasteiger charge is 2.11. The zero-order valence-electron chi connectivity index (χ0n) is 10.7. The smallest absolute Gasteiger partial charge is 0.358 e. The Morgan fingerprint density at radius 2 is 2.19 bits per heavy atom. The Labute approximate surface area is 122 Å². The van der Waals surface area contributed by atoms with E-state index < -0.39 is 5.97 Å². The molecule has 0 atom stereocenters. The molecule has 7 nitrogen and oxygen atoms in total. The lowest BCUT2D eigenvalue weighted by Gasteiger charge is -2.05. The van der Waals surface area contributed by atoms with Crippen molar-refractivity contribution in [3.05, 3.63) is 41.5 Å². The summed E-state index contributed by atoms with van der Waals surface area (Å²) in [5.41, 5.74) is 0.493. The fourth-order valence-electron chi connectivity index (χ4n) is 1.87. The number of nitrogens with zero attached hydrogens (tertiary/aromatic N) is 3. The van der Waals surface area contributed by atoms with Crippen molar-refractivity contribution in [2.24, 2.45) is 0 Å². The summed E-state index contributed by atoms with van der Waals surface area (Å²) in [4.78, 5) is 22.6. The number of carboxylic acid groups (broad SMARTS) is 1. The van der Waals surface area contributed by atoms with Gasteiger partial charge in [-0.1, -0.05) is 5.21 Å². The number of anilines is 1. The average molecular weight is 302 g/mol. The van der Waals surface area contributed by atoms with Gasteiger partial charge in [-0.05, 0) is 35.0 Å². The number of carboxylic acids is 1. The molecule has 2 aromatic heterocycles. The van der Waals surface area contributed by atoms with Gasteiger partial charge in [-0.3, -0.25) is 4.79 Å². The lowest BCUT2D eigenvalue weighted by molar-refractivity contribution is -0.116. The van der Waals surface area contributed by atoms with Gasteiger partial charge >= 0.3 is 5.97 Å². The molecule has 0 bridgehead atoms. The van der Waals surface area contributed by atoms with Gasteiger partial charge in [0.1, 0.15) is 6.54 Å². The van der Waals surface area contributed by atoms with E-state index in [4.69, 9.17) is 5.11 Å². The van der Waals surface area contributed by atoms with Crippen molar-refractivity contribution in [3.63, 3.8) is 0 Å². The monoisotopic (exact) mass is 302 g/mol. The van der Waals surface area contributed by atoms with Gasteiger partial charge in [0.15, 0.2) is 5.69 Å². The third kappa shape index (κ3) is 2.90. The number of nitrogens with one attached hydrogen (secondary N) is 1. The van der Waals surface area contributed by atoms with Gasteiger partial charge in [-0.2, -0.15) is 0 Å². The number of amides is 1. The minimum absolute atomic E-state index is 0.0953. The maximum Gasteiger partial charge on any atom is 0.358 e. The summed E-state index contributed by atoms with van der Waals surface area (Å²) in [6.07, 6.45) is 1.21. The SMILES string of the molecule is O=C(Cn1cc(C(=O)O)nn1)Nc1ccc2sccc2c1. The van der Waals surface area contributed by atoms with Crippen LogP contribution in [0, 0.1) is 0 Å². The van der Waals surface area contributed by atoms with Crippen LogP contribution in [0.15, 0.2) is 35.8 Å². The predicted molar refractivity (Wildman–Crippen MR) is 77.4 cm³/mol. The van der Waals surface area contributed by atoms with Crippen molar-refractivity contribution in [1.82, 2.24) is 15.0 Å². The Hall–Kier alpha value is -2.74. The van der Waals surface area contributed by atoms with Crippen LogP contribution in [0.2, 0.25) is 0 Å². The highest BCUT2D eigenvalue weighted by atomic mass is 32.1. The minimum Gasteiger partial charge on any atom is -0.476 e. The molecule has 8 heteroatoms. The summed E-state index contributed by atoms with van der Waals surface area (Å²) in [6.45, 7) is -0.0953. The fraction of sp³-hybridized carbons (Fsp3) is 0.0769. The Morgan fingerprint density at radius 3 is 2.95 bits per heavy atom. The zero-order valence-corrected chi connectivity index (χ0v) is 11.5. The summed E-state index contributed by atoms with van der Waals surface area (Å²) in [7, 11) is 0. The van der Waals surface area contributed by atoms with Crippen molar-refractivity contribution in [1.29, 1.82) is 0 Å². The molecule has 0 aliphatic heterocycles. The largest absolute Gasteiger partial charge is 0.476 e. The van der Waals surface area contributed by atoms with Gasteiger partial charge < -0.3 is 10.4 Å². The van der Waals surface area contributed by atoms with E-state index in [2.05, 4.69) is 15.6 Å². The van der Waals surface area contributed by atoms with Gasteiger partial charge in [-0.25, -0.2) is 9.48 Å². The fourth-order valence-corrected chi connectivity index (χ4v) is 2.64. The third-order valence-corrected chi connectivity index (χ3v) is 3.70. The molecule has 0 spiro atoms. The first-order valence-corrected chi connectivity index (χ1v) is 6.90. The first-order valence-electron chi connectivity index (χ1n) is 6.02. The molecule has 21 heavy (non-hydrogen) atoms. The first kappa shape index (κ1) is 13.3. The molecule has 3 aromatic rings. The number of hydrogen-bond donors (Lipinski definition) is 2. The summed E-state index contributed by atoms with van der Waals surface area (Å²) in [5, 5.41) is 21.6. The molecule has 0 saturated carbocycles. The molecule has 0 fully saturated rings. The van der Waals surface area contributed by atoms with Crippen LogP contribution in [-0.4, -0.2) is 32.0 Å². The molecule has 0 aliphatic rings. The van der Waals surface area contributed by atoms with E-state index in [0.717, 1.165) is 10.1 Å². The van der Waals surface area contributed by atoms with E-state index in [1.165, 1.54) is 10.9 Å². The van der Waals surface area contributed by atoms with Crippen LogP contribution in [0.5, 0.6) is 0 Å². The Kier molecular flexibility index (Phi) is 3.36. The van der Waals surface area contributed by atoms with E-state index >= 15 is 0 Å². The number of rotatable bonds is 4. The number of carbonyl (C=O) groups is 2. The molecular weight excluding hydrogens is 292 g/mol. The van der Waals surface area contributed by atoms with Gasteiger partial charge in [0.05, 0.1) is 6.20 Å². The lowest BCUT2D eigenvalue weighted by Crippen LogP contribution is -2.19. The number of thiophene rings is 1. The molecule has 2 heterocycles. The van der Waals surface area contributed by atoms with Gasteiger partial charge in [0, 0.05) is 10.4 Å². The topological polar surface area (TPSA) is 97.1 Å². The number of aromatic carboxylic acids is 1. The Morgan fingerprint density at radius 1 is 1.33 bits per heavy atom. The van der Waals surface area contributed by atoms with E-state index in [1.54, 1.807) is 11.3 Å². The van der Waals surface area contributed by atoms with Gasteiger partial charge in [0.2, 0.25) is 5.91 Å². The second-order valence-electron chi connectivity index (χ2n) is 4.33. The third-order valence-electron chi connectivity index (χ3n) is 2.80. The molecule has 0 unspecified atom stereocenters. The quantitative estimate of drug-likeness (QED) is 0.766. The van der Waals surface area contributed by atoms with E-state index in [-0.39, 0.29) is 18.1 Å². The van der Waals surface area contributed by atoms with Crippen molar-refractivity contribution in [2.45, 2.75) is 6.54 Å². The Balaban J connectivity index is 1.68. The molecule has 3 rings (SSSR count). The lowest BCUT2D eigenvalue weighted by atomic mass is 10.2. The second kappa shape index (κ2) is 5.33. The van der Waals surface area contributed by atoms with Crippen LogP contribution >= 0.6 is 11.3 Å². The number of aromatic nitrogens is 3. The number of hydrogen-bond acceptors (Lipinski definition) is 5. The standard InChI is InChI=1S/C13H10N4O3S/c18-12(7-17-6-10(13(19)20)15-16-17)14-9-1-2-11-8(5-9)3-4-21-11/h1-6H,7H2,(H,14,18)(H,19,20). The summed E-state index contributed by atoms with van der Waals surface area (Å²) in [6, 6.07) is 7.62. The zero-order chi connectivity index (χ0) is 14.8. The number of fused-ring (bicyclic) bond motifs is 1. The van der Waals surface area contributed by atoms with Crippen LogP contribution in [0.4, 0.5) is 5.69 Å². The first-order chi connectivity index (χ1) is 10.1. The van der Waals surface area contributed by atoms with Crippen molar-refractivity contribution in [2.75, 3.05) is 5.32 Å². The maximum absolute atomic E-state index is 11.9. The van der Waals surface area contributed by atoms with E-state index in [9.17, 15) is 9.59 Å². The van der Waals surface area contributed by atoms with Crippen molar-refractivity contribution >= 4 is 39.0 Å². The van der Waals surface area contributed by atoms with Crippen molar-refractivity contribution in [3.8, 4) is 0 Å². The Bertz CT molecular complexity index is 824. The van der Waals surface area contributed by atoms with E-state index in [1.807, 2.05) is 29.6 Å². The highest BCUT2D eigenvalue weighted by molar-refractivity contribution is 7.17. The predicted octanol–water partition coefficient (Wildman–Crippen LogP) is 1.83. The van der Waals surface area contributed by atoms with Gasteiger partial charge in [0.25, 0.3) is 0 Å². The van der Waals surface area contributed by atoms with Gasteiger partial charge in [-0.15, -0.1) is 16.4 Å². The highest BCUT2D eigenvalue weighted by Crippen LogP contribution is 2.23. The molecule has 1 aromatic carbocycles. The van der Waals surface area contributed by atoms with E-state index in [0.29, 0.717) is 5.69 Å². The average Bonchev–Trinajstić information content (AvgIpc) is 3.06. The van der Waals surface area contributed by atoms with Crippen LogP contribution in [-0.2, 0) is 11.3 Å². The molecule has 106 valence electrons. The van der Waals surface area contributed by atoms with Crippen LogP contribution in [0.1, 0.15) is 10.5 Å². The molecule has 1 amide bonds. The number of carbonyl (C=O) groups excluding carboxylic acids is 1. The molecular formula is C13H10N4O3S. The normalized spacial score (nSPS) is 10.7. The van der Waals surface area contributed by atoms with Crippen LogP contribution < -0.4 is 5.32 Å². The van der Waals surface area contributed by atoms with Crippen LogP contribution in [0.25, 0.3) is 10.1 Å². The summed E-state index contributed by atoms with van der Waals surface area (Å²) in [5.74, 6) is -1.48. The maximum atomic E-state index is 11.9. The van der Waals surface area contributed by atoms with Crippen molar-refractivity contribution < 1.29 is 14.7 Å².